The number of ether oxygens (including phenoxy) is 15. The van der Waals surface area contributed by atoms with Crippen molar-refractivity contribution in [3.8, 4) is 0 Å². The lowest BCUT2D eigenvalue weighted by Gasteiger charge is -2.32. The van der Waals surface area contributed by atoms with E-state index in [9.17, 15) is 0 Å². The summed E-state index contributed by atoms with van der Waals surface area (Å²) in [7, 11) is 0. The van der Waals surface area contributed by atoms with Crippen molar-refractivity contribution in [1.29, 1.82) is 0 Å². The Morgan fingerprint density at radius 1 is 0.203 bits per heavy atom. The van der Waals surface area contributed by atoms with Gasteiger partial charge in [0.15, 0.2) is 0 Å². The molecule has 2 N–H and O–H groups in total. The summed E-state index contributed by atoms with van der Waals surface area (Å²) < 4.78 is 86.0. The maximum atomic E-state index is 6.33. The molecule has 0 fully saturated rings. The third kappa shape index (κ3) is 56.5. The molecule has 0 heterocycles. The van der Waals surface area contributed by atoms with E-state index >= 15 is 0 Å². The van der Waals surface area contributed by atoms with Gasteiger partial charge >= 0.3 is 0 Å². The second-order valence-corrected chi connectivity index (χ2v) is 17.5. The van der Waals surface area contributed by atoms with Crippen LogP contribution >= 0.6 is 0 Å². The molecule has 0 amide bonds. The van der Waals surface area contributed by atoms with Crippen molar-refractivity contribution >= 4 is 0 Å². The summed E-state index contributed by atoms with van der Waals surface area (Å²) in [4.78, 5) is 0. The van der Waals surface area contributed by atoms with Crippen LogP contribution in [-0.4, -0.2) is 205 Å². The molecule has 0 aliphatic rings. The van der Waals surface area contributed by atoms with Gasteiger partial charge in [-0.05, 0) is 19.3 Å². The minimum atomic E-state index is -0.548. The van der Waals surface area contributed by atoms with Gasteiger partial charge in [-0.15, -0.1) is 0 Å². The van der Waals surface area contributed by atoms with Crippen LogP contribution in [0, 0.1) is 5.41 Å². The highest BCUT2D eigenvalue weighted by atomic mass is 16.6. The largest absolute Gasteiger partial charge is 0.379 e. The van der Waals surface area contributed by atoms with Crippen molar-refractivity contribution in [2.24, 2.45) is 11.1 Å². The Labute approximate surface area is 422 Å². The highest BCUT2D eigenvalue weighted by molar-refractivity contribution is 4.80. The predicted octanol–water partition coefficient (Wildman–Crippen LogP) is 8.26. The average Bonchev–Trinajstić information content (AvgIpc) is 3.36. The lowest BCUT2D eigenvalue weighted by molar-refractivity contribution is -0.0871. The number of rotatable bonds is 64. The van der Waals surface area contributed by atoms with Gasteiger partial charge in [-0.25, -0.2) is 0 Å². The molecule has 16 heteroatoms. The van der Waals surface area contributed by atoms with Crippen LogP contribution < -0.4 is 5.73 Å². The normalized spacial score (nSPS) is 12.0. The summed E-state index contributed by atoms with van der Waals surface area (Å²) in [5.41, 5.74) is 5.78. The lowest BCUT2D eigenvalue weighted by Crippen LogP contribution is -2.44. The van der Waals surface area contributed by atoms with Gasteiger partial charge in [0.05, 0.1) is 184 Å². The Balaban J connectivity index is 4.18. The van der Waals surface area contributed by atoms with E-state index in [2.05, 4.69) is 20.8 Å². The number of nitrogens with two attached hydrogens (primary N) is 1. The van der Waals surface area contributed by atoms with Crippen molar-refractivity contribution < 1.29 is 71.1 Å². The van der Waals surface area contributed by atoms with Gasteiger partial charge < -0.3 is 76.8 Å². The molecule has 0 bridgehead atoms. The van der Waals surface area contributed by atoms with Crippen LogP contribution in [0.3, 0.4) is 0 Å². The van der Waals surface area contributed by atoms with Gasteiger partial charge in [-0.3, -0.25) is 0 Å². The molecule has 0 aromatic heterocycles. The van der Waals surface area contributed by atoms with Crippen molar-refractivity contribution in [2.45, 2.75) is 136 Å². The molecule has 416 valence electrons. The maximum absolute atomic E-state index is 6.33. The molecule has 0 atom stereocenters. The Morgan fingerprint density at radius 3 is 0.551 bits per heavy atom. The number of unbranched alkanes of at least 4 members (excludes halogenated alkanes) is 15. The molecule has 0 aliphatic carbocycles. The molecule has 0 radical (unpaired) electrons. The summed E-state index contributed by atoms with van der Waals surface area (Å²) >= 11 is 0. The van der Waals surface area contributed by atoms with E-state index < -0.39 is 5.41 Å². The first-order valence-corrected chi connectivity index (χ1v) is 27.6. The predicted molar refractivity (Wildman–Crippen MR) is 274 cm³/mol. The van der Waals surface area contributed by atoms with Crippen molar-refractivity contribution in [3.63, 3.8) is 0 Å². The van der Waals surface area contributed by atoms with Crippen molar-refractivity contribution in [3.05, 3.63) is 0 Å². The minimum Gasteiger partial charge on any atom is -0.379 e. The summed E-state index contributed by atoms with van der Waals surface area (Å²) in [5, 5.41) is 0. The quantitative estimate of drug-likeness (QED) is 0.0579. The lowest BCUT2D eigenvalue weighted by atomic mass is 9.91. The summed E-state index contributed by atoms with van der Waals surface area (Å²) in [5.74, 6) is 0. The van der Waals surface area contributed by atoms with Crippen LogP contribution in [-0.2, 0) is 71.1 Å². The fraction of sp³-hybridized carbons (Fsp3) is 1.00. The van der Waals surface area contributed by atoms with E-state index in [4.69, 9.17) is 76.8 Å². The molecular weight excluding hydrogens is 891 g/mol. The second kappa shape index (κ2) is 61.7. The third-order valence-corrected chi connectivity index (χ3v) is 11.0. The Kier molecular flexibility index (Phi) is 61.1. The molecule has 16 nitrogen and oxygen atoms in total. The SMILES string of the molecule is CCCCCCCCOCCOCCOCCOCCOCC(CN)(COCCOCCOCCOCCOCCCCCCCC)COCCOCCOCCOCCOCCCCCCCC. The van der Waals surface area contributed by atoms with Crippen molar-refractivity contribution in [2.75, 3.05) is 205 Å². The summed E-state index contributed by atoms with van der Waals surface area (Å²) in [6.45, 7) is 22.7. The van der Waals surface area contributed by atoms with Gasteiger partial charge in [0.1, 0.15) is 0 Å². The fourth-order valence-corrected chi connectivity index (χ4v) is 6.76. The molecule has 0 aromatic rings. The van der Waals surface area contributed by atoms with E-state index in [1.165, 1.54) is 96.3 Å². The van der Waals surface area contributed by atoms with Crippen LogP contribution in [0.2, 0.25) is 0 Å². The van der Waals surface area contributed by atoms with E-state index in [1.807, 2.05) is 0 Å². The van der Waals surface area contributed by atoms with Crippen LogP contribution in [0.25, 0.3) is 0 Å². The second-order valence-electron chi connectivity index (χ2n) is 17.5. The molecule has 0 spiro atoms. The molecule has 0 rings (SSSR count). The summed E-state index contributed by atoms with van der Waals surface area (Å²) in [6, 6.07) is 0. The number of hydrogen-bond acceptors (Lipinski definition) is 16. The van der Waals surface area contributed by atoms with Gasteiger partial charge in [-0.1, -0.05) is 117 Å². The molecule has 0 saturated carbocycles. The fourth-order valence-electron chi connectivity index (χ4n) is 6.76. The topological polar surface area (TPSA) is 164 Å². The molecule has 0 unspecified atom stereocenters. The van der Waals surface area contributed by atoms with Crippen LogP contribution in [0.1, 0.15) is 136 Å². The first kappa shape index (κ1) is 68.4. The van der Waals surface area contributed by atoms with Crippen LogP contribution in [0.5, 0.6) is 0 Å². The van der Waals surface area contributed by atoms with Crippen LogP contribution in [0.4, 0.5) is 0 Å². The molecule has 0 aliphatic heterocycles. The van der Waals surface area contributed by atoms with E-state index in [1.54, 1.807) is 0 Å². The highest BCUT2D eigenvalue weighted by Crippen LogP contribution is 2.18. The molecular formula is C53H109NO15. The zero-order chi connectivity index (χ0) is 49.8. The Bertz CT molecular complexity index is 808. The van der Waals surface area contributed by atoms with Crippen molar-refractivity contribution in [1.82, 2.24) is 0 Å². The minimum absolute atomic E-state index is 0.319. The van der Waals surface area contributed by atoms with E-state index in [0.717, 1.165) is 39.1 Å². The van der Waals surface area contributed by atoms with Gasteiger partial charge in [0.2, 0.25) is 0 Å². The first-order chi connectivity index (χ1) is 34.2. The Hall–Kier alpha value is -0.640. The zero-order valence-corrected chi connectivity index (χ0v) is 44.8. The van der Waals surface area contributed by atoms with E-state index in [0.29, 0.717) is 185 Å². The standard InChI is InChI=1S/C53H109NO15/c1-4-7-10-13-16-19-22-55-25-28-58-31-34-61-37-40-64-43-46-67-50-53(49-54,51-68-47-44-65-41-38-62-35-32-59-29-26-56-23-20-17-14-11-8-5-2)52-69-48-45-66-42-39-63-36-33-60-30-27-57-24-21-18-15-12-9-6-3/h4-52,54H2,1-3H3. The number of hydrogen-bond donors (Lipinski definition) is 1. The molecule has 0 saturated heterocycles. The highest BCUT2D eigenvalue weighted by Gasteiger charge is 2.30. The van der Waals surface area contributed by atoms with Gasteiger partial charge in [0, 0.05) is 26.4 Å². The first-order valence-electron chi connectivity index (χ1n) is 27.6. The summed E-state index contributed by atoms with van der Waals surface area (Å²) in [6.07, 6.45) is 22.8. The average molecular weight is 1000 g/mol. The maximum Gasteiger partial charge on any atom is 0.0701 e. The Morgan fingerprint density at radius 2 is 0.362 bits per heavy atom. The van der Waals surface area contributed by atoms with Crippen LogP contribution in [0.15, 0.2) is 0 Å². The molecule has 0 aromatic carbocycles. The van der Waals surface area contributed by atoms with Gasteiger partial charge in [0.25, 0.3) is 0 Å². The third-order valence-electron chi connectivity index (χ3n) is 11.0. The van der Waals surface area contributed by atoms with E-state index in [-0.39, 0.29) is 0 Å². The monoisotopic (exact) mass is 1000 g/mol. The molecule has 69 heavy (non-hydrogen) atoms. The van der Waals surface area contributed by atoms with Gasteiger partial charge in [-0.2, -0.15) is 0 Å². The zero-order valence-electron chi connectivity index (χ0n) is 44.8. The smallest absolute Gasteiger partial charge is 0.0701 e.